The third-order valence-corrected chi connectivity index (χ3v) is 7.48. The second-order valence-corrected chi connectivity index (χ2v) is 9.91. The molecule has 1 aliphatic rings. The Morgan fingerprint density at radius 3 is 2.49 bits per heavy atom. The number of nitrogens with zero attached hydrogens (tertiary/aromatic N) is 3. The van der Waals surface area contributed by atoms with Crippen molar-refractivity contribution >= 4 is 32.7 Å². The number of carbonyl (C=O) groups is 1. The summed E-state index contributed by atoms with van der Waals surface area (Å²) in [6.07, 6.45) is 3.66. The van der Waals surface area contributed by atoms with E-state index in [-0.39, 0.29) is 16.3 Å². The van der Waals surface area contributed by atoms with Crippen LogP contribution in [0.3, 0.4) is 0 Å². The second kappa shape index (κ2) is 9.01. The van der Waals surface area contributed by atoms with Gasteiger partial charge >= 0.3 is 0 Å². The van der Waals surface area contributed by atoms with Crippen molar-refractivity contribution < 1.29 is 27.1 Å². The smallest absolute Gasteiger partial charge is 0.257 e. The molecule has 11 heteroatoms. The highest BCUT2D eigenvalue weighted by molar-refractivity contribution is 7.89. The van der Waals surface area contributed by atoms with Gasteiger partial charge in [0.2, 0.25) is 15.9 Å². The molecular formula is C24H22N4O6S. The molecule has 1 N–H and O–H groups in total. The quantitative estimate of drug-likeness (QED) is 0.409. The average molecular weight is 495 g/mol. The van der Waals surface area contributed by atoms with Gasteiger partial charge in [-0.15, -0.1) is 0 Å². The molecule has 0 aliphatic carbocycles. The number of hydrogen-bond donors (Lipinski definition) is 1. The van der Waals surface area contributed by atoms with Crippen molar-refractivity contribution in [2.45, 2.75) is 18.2 Å². The lowest BCUT2D eigenvalue weighted by molar-refractivity contribution is 0.102. The number of sulfonamides is 1. The molecule has 1 saturated heterocycles. The highest BCUT2D eigenvalue weighted by Gasteiger charge is 2.29. The minimum atomic E-state index is -3.48. The molecule has 4 aromatic rings. The molecule has 35 heavy (non-hydrogen) atoms. The fraction of sp³-hybridized carbons (Fsp3) is 0.208. The number of amides is 1. The number of aryl methyl sites for hydroxylation is 1. The van der Waals surface area contributed by atoms with E-state index in [1.54, 1.807) is 31.2 Å². The van der Waals surface area contributed by atoms with Crippen molar-refractivity contribution in [2.24, 2.45) is 0 Å². The zero-order chi connectivity index (χ0) is 24.6. The third kappa shape index (κ3) is 4.55. The normalized spacial score (nSPS) is 13.9. The number of rotatable bonds is 7. The summed E-state index contributed by atoms with van der Waals surface area (Å²) in [5.41, 5.74) is 0.763. The Balaban J connectivity index is 1.41. The SMILES string of the molecule is COc1cnc(NC(=O)c2cc(Oc3ccc(S(=O)(=O)N4CCC4)cc3)c3cc(C)oc3c2)cn1. The van der Waals surface area contributed by atoms with Gasteiger partial charge in [-0.2, -0.15) is 4.31 Å². The summed E-state index contributed by atoms with van der Waals surface area (Å²) in [7, 11) is -2.01. The van der Waals surface area contributed by atoms with E-state index >= 15 is 0 Å². The van der Waals surface area contributed by atoms with E-state index in [1.165, 1.54) is 35.9 Å². The first-order chi connectivity index (χ1) is 16.8. The van der Waals surface area contributed by atoms with Crippen molar-refractivity contribution in [1.82, 2.24) is 14.3 Å². The third-order valence-electron chi connectivity index (χ3n) is 5.57. The van der Waals surface area contributed by atoms with Crippen LogP contribution in [0.15, 0.2) is 64.2 Å². The lowest BCUT2D eigenvalue weighted by Crippen LogP contribution is -2.41. The highest BCUT2D eigenvalue weighted by Crippen LogP contribution is 2.34. The number of fused-ring (bicyclic) bond motifs is 1. The summed E-state index contributed by atoms with van der Waals surface area (Å²) in [5, 5.41) is 3.36. The number of hydrogen-bond acceptors (Lipinski definition) is 8. The largest absolute Gasteiger partial charge is 0.480 e. The van der Waals surface area contributed by atoms with Crippen LogP contribution in [0.1, 0.15) is 22.5 Å². The summed E-state index contributed by atoms with van der Waals surface area (Å²) in [4.78, 5) is 21.2. The summed E-state index contributed by atoms with van der Waals surface area (Å²) in [6.45, 7) is 2.87. The Morgan fingerprint density at radius 1 is 1.09 bits per heavy atom. The zero-order valence-electron chi connectivity index (χ0n) is 19.0. The van der Waals surface area contributed by atoms with Gasteiger partial charge in [0, 0.05) is 18.7 Å². The molecule has 0 radical (unpaired) electrons. The van der Waals surface area contributed by atoms with E-state index in [2.05, 4.69) is 15.3 Å². The molecule has 1 aliphatic heterocycles. The number of aromatic nitrogens is 2. The predicted molar refractivity (Wildman–Crippen MR) is 127 cm³/mol. The number of furan rings is 1. The van der Waals surface area contributed by atoms with E-state index in [1.807, 2.05) is 6.07 Å². The first-order valence-electron chi connectivity index (χ1n) is 10.8. The van der Waals surface area contributed by atoms with Gasteiger partial charge in [-0.05, 0) is 55.8 Å². The Bertz CT molecular complexity index is 1490. The molecule has 3 heterocycles. The van der Waals surface area contributed by atoms with E-state index in [9.17, 15) is 13.2 Å². The van der Waals surface area contributed by atoms with Crippen molar-refractivity contribution in [3.63, 3.8) is 0 Å². The van der Waals surface area contributed by atoms with Crippen LogP contribution in [0.5, 0.6) is 17.4 Å². The summed E-state index contributed by atoms with van der Waals surface area (Å²) in [6, 6.07) is 11.2. The van der Waals surface area contributed by atoms with Crippen LogP contribution >= 0.6 is 0 Å². The van der Waals surface area contributed by atoms with Crippen LogP contribution in [0.2, 0.25) is 0 Å². The van der Waals surface area contributed by atoms with Crippen LogP contribution in [-0.4, -0.2) is 48.8 Å². The molecule has 1 fully saturated rings. The van der Waals surface area contributed by atoms with Gasteiger partial charge in [0.25, 0.3) is 5.91 Å². The summed E-state index contributed by atoms with van der Waals surface area (Å²) >= 11 is 0. The fourth-order valence-corrected chi connectivity index (χ4v) is 5.12. The number of anilines is 1. The van der Waals surface area contributed by atoms with E-state index < -0.39 is 15.9 Å². The van der Waals surface area contributed by atoms with Gasteiger partial charge in [0.15, 0.2) is 5.82 Å². The molecule has 1 amide bonds. The number of carbonyl (C=O) groups excluding carboxylic acids is 1. The lowest BCUT2D eigenvalue weighted by atomic mass is 10.1. The van der Waals surface area contributed by atoms with Crippen molar-refractivity contribution in [3.05, 3.63) is 66.2 Å². The maximum Gasteiger partial charge on any atom is 0.257 e. The van der Waals surface area contributed by atoms with Crippen molar-refractivity contribution in [1.29, 1.82) is 0 Å². The van der Waals surface area contributed by atoms with Gasteiger partial charge in [0.1, 0.15) is 22.8 Å². The fourth-order valence-electron chi connectivity index (χ4n) is 3.61. The van der Waals surface area contributed by atoms with Gasteiger partial charge in [-0.25, -0.2) is 18.4 Å². The Labute approximate surface area is 201 Å². The van der Waals surface area contributed by atoms with Crippen LogP contribution in [0.4, 0.5) is 5.82 Å². The van der Waals surface area contributed by atoms with Crippen LogP contribution < -0.4 is 14.8 Å². The number of benzene rings is 2. The van der Waals surface area contributed by atoms with Gasteiger partial charge < -0.3 is 19.2 Å². The average Bonchev–Trinajstić information content (AvgIpc) is 3.19. The Hall–Kier alpha value is -3.96. The molecule has 0 bridgehead atoms. The van der Waals surface area contributed by atoms with Gasteiger partial charge in [-0.3, -0.25) is 4.79 Å². The number of ether oxygens (including phenoxy) is 2. The molecule has 2 aromatic carbocycles. The predicted octanol–water partition coefficient (Wildman–Crippen LogP) is 3.98. The molecule has 10 nitrogen and oxygen atoms in total. The van der Waals surface area contributed by atoms with E-state index in [0.717, 1.165) is 6.42 Å². The minimum absolute atomic E-state index is 0.211. The molecule has 0 unspecified atom stereocenters. The van der Waals surface area contributed by atoms with Gasteiger partial charge in [-0.1, -0.05) is 0 Å². The molecule has 0 atom stereocenters. The summed E-state index contributed by atoms with van der Waals surface area (Å²) in [5.74, 6) is 1.62. The van der Waals surface area contributed by atoms with E-state index in [0.29, 0.717) is 47.2 Å². The first kappa shape index (κ1) is 22.8. The maximum atomic E-state index is 12.9. The zero-order valence-corrected chi connectivity index (χ0v) is 19.8. The molecular weight excluding hydrogens is 472 g/mol. The topological polar surface area (TPSA) is 124 Å². The number of methoxy groups -OCH3 is 1. The maximum absolute atomic E-state index is 12.9. The minimum Gasteiger partial charge on any atom is -0.480 e. The summed E-state index contributed by atoms with van der Waals surface area (Å²) < 4.78 is 43.4. The molecule has 2 aromatic heterocycles. The Kier molecular flexibility index (Phi) is 5.87. The van der Waals surface area contributed by atoms with Gasteiger partial charge in [0.05, 0.1) is 29.8 Å². The Morgan fingerprint density at radius 2 is 1.86 bits per heavy atom. The molecule has 5 rings (SSSR count). The molecule has 0 spiro atoms. The standard InChI is InChI=1S/C24H22N4O6S/c1-15-10-19-20(33-15)11-16(24(29)27-22-13-26-23(32-2)14-25-22)12-21(19)34-17-4-6-18(7-5-17)35(30,31)28-8-3-9-28/h4-7,10-14H,3,8-9H2,1-2H3,(H,25,27,29). The van der Waals surface area contributed by atoms with E-state index in [4.69, 9.17) is 13.9 Å². The van der Waals surface area contributed by atoms with Crippen LogP contribution in [-0.2, 0) is 10.0 Å². The molecule has 180 valence electrons. The van der Waals surface area contributed by atoms with Crippen LogP contribution in [0, 0.1) is 6.92 Å². The lowest BCUT2D eigenvalue weighted by Gasteiger charge is -2.29. The number of nitrogens with one attached hydrogen (secondary N) is 1. The second-order valence-electron chi connectivity index (χ2n) is 7.97. The van der Waals surface area contributed by atoms with Crippen molar-refractivity contribution in [2.75, 3.05) is 25.5 Å². The van der Waals surface area contributed by atoms with Crippen molar-refractivity contribution in [3.8, 4) is 17.4 Å². The van der Waals surface area contributed by atoms with Crippen LogP contribution in [0.25, 0.3) is 11.0 Å². The monoisotopic (exact) mass is 494 g/mol. The first-order valence-corrected chi connectivity index (χ1v) is 12.3. The highest BCUT2D eigenvalue weighted by atomic mass is 32.2. The molecule has 0 saturated carbocycles.